The Labute approximate surface area is 376 Å². The molecule has 5 aromatic rings. The average molecular weight is 886 g/mol. The van der Waals surface area contributed by atoms with Gasteiger partial charge in [0.15, 0.2) is 5.82 Å². The molecule has 4 amide bonds. The van der Waals surface area contributed by atoms with E-state index >= 15 is 0 Å². The van der Waals surface area contributed by atoms with E-state index in [1.54, 1.807) is 48.1 Å². The van der Waals surface area contributed by atoms with Crippen LogP contribution in [0.1, 0.15) is 95.4 Å². The van der Waals surface area contributed by atoms with Crippen molar-refractivity contribution >= 4 is 35.1 Å². The van der Waals surface area contributed by atoms with Gasteiger partial charge in [-0.25, -0.2) is 8.78 Å². The van der Waals surface area contributed by atoms with E-state index in [2.05, 4.69) is 37.0 Å². The first-order valence-corrected chi connectivity index (χ1v) is 22.8. The number of hydrogen-bond acceptors (Lipinski definition) is 9. The predicted molar refractivity (Wildman–Crippen MR) is 238 cm³/mol. The zero-order chi connectivity index (χ0) is 44.9. The number of piperidine rings is 2. The molecule has 0 bridgehead atoms. The highest BCUT2D eigenvalue weighted by atomic mass is 19.3. The van der Waals surface area contributed by atoms with Gasteiger partial charge in [0.05, 0.1) is 25.3 Å². The molecule has 5 aliphatic heterocycles. The molecular formula is C49H53F2N9O5. The number of aromatic nitrogens is 4. The Morgan fingerprint density at radius 3 is 2.46 bits per heavy atom. The van der Waals surface area contributed by atoms with Crippen molar-refractivity contribution in [2.24, 2.45) is 7.05 Å². The number of alkyl halides is 2. The Balaban J connectivity index is 0.895. The van der Waals surface area contributed by atoms with Crippen molar-refractivity contribution in [2.75, 3.05) is 37.6 Å². The Morgan fingerprint density at radius 1 is 0.908 bits per heavy atom. The number of rotatable bonds is 11. The second-order valence-electron chi connectivity index (χ2n) is 18.1. The molecule has 10 rings (SSSR count). The van der Waals surface area contributed by atoms with E-state index < -0.39 is 18.4 Å². The van der Waals surface area contributed by atoms with Crippen LogP contribution in [0, 0.1) is 0 Å². The van der Waals surface area contributed by atoms with Crippen molar-refractivity contribution in [3.63, 3.8) is 0 Å². The van der Waals surface area contributed by atoms with E-state index in [0.29, 0.717) is 61.5 Å². The van der Waals surface area contributed by atoms with Crippen molar-refractivity contribution in [2.45, 2.75) is 96.0 Å². The van der Waals surface area contributed by atoms with E-state index in [-0.39, 0.29) is 54.8 Å². The van der Waals surface area contributed by atoms with Crippen LogP contribution in [0.2, 0.25) is 0 Å². The number of carbonyl (C=O) groups is 4. The molecule has 0 aliphatic carbocycles. The second-order valence-corrected chi connectivity index (χ2v) is 18.1. The summed E-state index contributed by atoms with van der Waals surface area (Å²) >= 11 is 0. The van der Waals surface area contributed by atoms with E-state index in [9.17, 15) is 28.0 Å². The van der Waals surface area contributed by atoms with Crippen LogP contribution in [0.25, 0.3) is 11.1 Å². The molecule has 338 valence electrons. The van der Waals surface area contributed by atoms with Gasteiger partial charge in [0.2, 0.25) is 17.7 Å². The maximum atomic E-state index is 14.8. The fraction of sp³-hybridized carbons (Fsp3) is 0.429. The lowest BCUT2D eigenvalue weighted by Crippen LogP contribution is -2.52. The van der Waals surface area contributed by atoms with Gasteiger partial charge in [0.25, 0.3) is 12.3 Å². The fourth-order valence-electron chi connectivity index (χ4n) is 10.6. The van der Waals surface area contributed by atoms with Gasteiger partial charge in [0.1, 0.15) is 17.9 Å². The number of aryl methyl sites for hydroxylation is 2. The summed E-state index contributed by atoms with van der Waals surface area (Å²) < 4.78 is 40.3. The lowest BCUT2D eigenvalue weighted by Gasteiger charge is -2.35. The summed E-state index contributed by atoms with van der Waals surface area (Å²) in [6.45, 7) is 5.67. The van der Waals surface area contributed by atoms with Crippen molar-refractivity contribution in [3.05, 3.63) is 112 Å². The number of amides is 4. The van der Waals surface area contributed by atoms with Crippen LogP contribution >= 0.6 is 0 Å². The van der Waals surface area contributed by atoms with Crippen molar-refractivity contribution < 1.29 is 32.7 Å². The monoisotopic (exact) mass is 885 g/mol. The summed E-state index contributed by atoms with van der Waals surface area (Å²) in [6.07, 6.45) is 5.48. The molecular weight excluding hydrogens is 833 g/mol. The minimum absolute atomic E-state index is 0.00576. The third kappa shape index (κ3) is 8.28. The molecule has 5 aliphatic rings. The Kier molecular flexibility index (Phi) is 11.5. The zero-order valence-corrected chi connectivity index (χ0v) is 36.7. The Bertz CT molecular complexity index is 2660. The van der Waals surface area contributed by atoms with Crippen molar-refractivity contribution in [1.82, 2.24) is 39.6 Å². The predicted octanol–water partition coefficient (Wildman–Crippen LogP) is 6.30. The molecule has 65 heavy (non-hydrogen) atoms. The van der Waals surface area contributed by atoms with Crippen LogP contribution in [-0.4, -0.2) is 103 Å². The van der Waals surface area contributed by atoms with Gasteiger partial charge in [-0.05, 0) is 73.1 Å². The lowest BCUT2D eigenvalue weighted by molar-refractivity contribution is -0.137. The third-order valence-corrected chi connectivity index (χ3v) is 13.9. The molecule has 0 radical (unpaired) electrons. The topological polar surface area (TPSA) is 138 Å². The smallest absolute Gasteiger partial charge is 0.264 e. The van der Waals surface area contributed by atoms with Gasteiger partial charge in [0, 0.05) is 111 Å². The maximum Gasteiger partial charge on any atom is 0.264 e. The number of nitrogens with zero attached hydrogens (tertiary/aromatic N) is 8. The highest BCUT2D eigenvalue weighted by Gasteiger charge is 2.41. The van der Waals surface area contributed by atoms with Gasteiger partial charge in [-0.1, -0.05) is 36.4 Å². The number of nitrogens with one attached hydrogen (secondary N) is 1. The standard InChI is InChI=1S/C49H53F2N9O5/c1-30(61)57-21-17-41-40(28-57)47(58-18-7-10-32-23-37(33-25-52-55(2)26-33)38(46(50)51)24-43(32)58)54-60(41)34-15-19-56(20-16-34)27-35(22-31-8-4-3-5-9-31)65-44-12-6-11-36-39(44)29-59(49(36)64)42-13-14-45(62)53-48(42)63/h3-6,8-9,11-12,23-26,34-35,42,46H,7,10,13-22,27-29H2,1-2H3,(H,53,62,63). The quantitative estimate of drug-likeness (QED) is 0.152. The van der Waals surface area contributed by atoms with Crippen molar-refractivity contribution in [1.29, 1.82) is 0 Å². The summed E-state index contributed by atoms with van der Waals surface area (Å²) in [6, 6.07) is 18.6. The van der Waals surface area contributed by atoms with Crippen LogP contribution in [0.3, 0.4) is 0 Å². The van der Waals surface area contributed by atoms with Crippen LogP contribution in [0.15, 0.2) is 73.1 Å². The fourth-order valence-corrected chi connectivity index (χ4v) is 10.6. The number of fused-ring (bicyclic) bond motifs is 3. The molecule has 2 aromatic heterocycles. The van der Waals surface area contributed by atoms with E-state index in [0.717, 1.165) is 78.2 Å². The Morgan fingerprint density at radius 2 is 1.72 bits per heavy atom. The maximum absolute atomic E-state index is 14.8. The van der Waals surface area contributed by atoms with E-state index in [1.807, 2.05) is 41.3 Å². The van der Waals surface area contributed by atoms with Crippen LogP contribution in [-0.2, 0) is 53.8 Å². The largest absolute Gasteiger partial charge is 0.488 e. The molecule has 3 aromatic carbocycles. The number of halogens is 2. The number of carbonyl (C=O) groups excluding carboxylic acids is 4. The molecule has 2 fully saturated rings. The highest BCUT2D eigenvalue weighted by molar-refractivity contribution is 6.05. The first-order valence-electron chi connectivity index (χ1n) is 22.8. The first-order chi connectivity index (χ1) is 31.5. The minimum atomic E-state index is -2.69. The van der Waals surface area contributed by atoms with Crippen LogP contribution in [0.4, 0.5) is 20.3 Å². The highest BCUT2D eigenvalue weighted by Crippen LogP contribution is 2.44. The Hall–Kier alpha value is -6.42. The number of benzene rings is 3. The average Bonchev–Trinajstić information content (AvgIpc) is 4.01. The van der Waals surface area contributed by atoms with Crippen LogP contribution < -0.4 is 15.0 Å². The van der Waals surface area contributed by atoms with Gasteiger partial charge in [-0.2, -0.15) is 10.2 Å². The van der Waals surface area contributed by atoms with Gasteiger partial charge >= 0.3 is 0 Å². The molecule has 0 spiro atoms. The third-order valence-electron chi connectivity index (χ3n) is 13.9. The number of likely N-dealkylation sites (tertiary alicyclic amines) is 1. The molecule has 1 N–H and O–H groups in total. The summed E-state index contributed by atoms with van der Waals surface area (Å²) in [5.41, 5.74) is 7.31. The SMILES string of the molecule is CC(=O)N1CCc2c(c(N3CCCc4cc(-c5cnn(C)c5)c(C(F)F)cc43)nn2C2CCN(CC(Cc3ccccc3)Oc3cccc4c3CN(C3CCC(=O)NC3=O)C4=O)CC2)C1. The normalized spacial score (nSPS) is 19.6. The minimum Gasteiger partial charge on any atom is -0.488 e. The van der Waals surface area contributed by atoms with E-state index in [1.165, 1.54) is 0 Å². The number of imide groups is 1. The van der Waals surface area contributed by atoms with Gasteiger partial charge in [-0.3, -0.25) is 38.8 Å². The number of ether oxygens (including phenoxy) is 1. The summed E-state index contributed by atoms with van der Waals surface area (Å²) in [5, 5.41) is 12.0. The number of hydrogen-bond donors (Lipinski definition) is 1. The van der Waals surface area contributed by atoms with Crippen molar-refractivity contribution in [3.8, 4) is 16.9 Å². The molecule has 14 nitrogen and oxygen atoms in total. The van der Waals surface area contributed by atoms with Crippen LogP contribution in [0.5, 0.6) is 5.75 Å². The summed E-state index contributed by atoms with van der Waals surface area (Å²) in [4.78, 5) is 59.0. The zero-order valence-electron chi connectivity index (χ0n) is 36.7. The van der Waals surface area contributed by atoms with Gasteiger partial charge in [-0.15, -0.1) is 0 Å². The molecule has 16 heteroatoms. The summed E-state index contributed by atoms with van der Waals surface area (Å²) in [7, 11) is 1.78. The second kappa shape index (κ2) is 17.5. The molecule has 2 unspecified atom stereocenters. The number of anilines is 2. The summed E-state index contributed by atoms with van der Waals surface area (Å²) in [5.74, 6) is 0.339. The van der Waals surface area contributed by atoms with E-state index in [4.69, 9.17) is 9.84 Å². The molecule has 7 heterocycles. The molecule has 2 atom stereocenters. The van der Waals surface area contributed by atoms with Gasteiger partial charge < -0.3 is 19.4 Å². The molecule has 2 saturated heterocycles. The molecule has 0 saturated carbocycles. The first kappa shape index (κ1) is 42.5. The lowest BCUT2D eigenvalue weighted by atomic mass is 9.92.